The molecule has 0 bridgehead atoms. The highest BCUT2D eigenvalue weighted by molar-refractivity contribution is 5.84. The Hall–Kier alpha value is -1.78. The number of aryl methyl sites for hydroxylation is 1. The van der Waals surface area contributed by atoms with Crippen LogP contribution >= 0.6 is 0 Å². The minimum Gasteiger partial charge on any atom is -0.480 e. The molecule has 1 atom stereocenters. The summed E-state index contributed by atoms with van der Waals surface area (Å²) in [5.41, 5.74) is 1.18. The van der Waals surface area contributed by atoms with E-state index in [9.17, 15) is 9.59 Å². The number of H-pyrrole nitrogens is 1. The molecule has 2 heterocycles. The molecule has 98 valence electrons. The number of likely N-dealkylation sites (tertiary alicyclic amines) is 1. The van der Waals surface area contributed by atoms with Crippen LogP contribution in [0.2, 0.25) is 0 Å². The van der Waals surface area contributed by atoms with Crippen LogP contribution < -0.4 is 0 Å². The maximum absolute atomic E-state index is 11.9. The van der Waals surface area contributed by atoms with Crippen LogP contribution in [0.3, 0.4) is 0 Å². The zero-order valence-electron chi connectivity index (χ0n) is 10.3. The number of carbonyl (C=O) groups is 2. The number of hydrogen-bond donors (Lipinski definition) is 2. The maximum Gasteiger partial charge on any atom is 0.326 e. The lowest BCUT2D eigenvalue weighted by Gasteiger charge is -2.21. The molecule has 0 aromatic carbocycles. The van der Waals surface area contributed by atoms with Crippen molar-refractivity contribution in [2.24, 2.45) is 0 Å². The highest BCUT2D eigenvalue weighted by Gasteiger charge is 2.33. The monoisotopic (exact) mass is 250 g/mol. The second-order valence-corrected chi connectivity index (χ2v) is 4.66. The third kappa shape index (κ3) is 2.91. The summed E-state index contributed by atoms with van der Waals surface area (Å²) in [7, 11) is 0. The van der Waals surface area contributed by atoms with Gasteiger partial charge >= 0.3 is 5.97 Å². The third-order valence-corrected chi connectivity index (χ3v) is 3.38. The number of aliphatic carboxylic acids is 1. The molecule has 1 aliphatic heterocycles. The number of carboxylic acids is 1. The van der Waals surface area contributed by atoms with E-state index >= 15 is 0 Å². The Balaban J connectivity index is 1.79. The summed E-state index contributed by atoms with van der Waals surface area (Å²) in [6.07, 6.45) is 7.19. The van der Waals surface area contributed by atoms with Gasteiger partial charge in [0.2, 0.25) is 5.91 Å². The zero-order chi connectivity index (χ0) is 13.0. The SMILES string of the molecule is O=C(O)C1CCCN1C(=O)CCCc1cc[nH]c1. The molecule has 0 saturated carbocycles. The number of amides is 1. The first-order valence-electron chi connectivity index (χ1n) is 6.32. The van der Waals surface area contributed by atoms with E-state index in [-0.39, 0.29) is 5.91 Å². The van der Waals surface area contributed by atoms with Gasteiger partial charge in [-0.1, -0.05) is 0 Å². The van der Waals surface area contributed by atoms with Crippen molar-refractivity contribution in [1.82, 2.24) is 9.88 Å². The van der Waals surface area contributed by atoms with Gasteiger partial charge in [-0.05, 0) is 37.3 Å². The van der Waals surface area contributed by atoms with E-state index in [1.807, 2.05) is 18.5 Å². The van der Waals surface area contributed by atoms with Crippen molar-refractivity contribution >= 4 is 11.9 Å². The molecular weight excluding hydrogens is 232 g/mol. The summed E-state index contributed by atoms with van der Waals surface area (Å²) < 4.78 is 0. The maximum atomic E-state index is 11.9. The van der Waals surface area contributed by atoms with Gasteiger partial charge in [-0.25, -0.2) is 4.79 Å². The van der Waals surface area contributed by atoms with Crippen molar-refractivity contribution in [2.45, 2.75) is 38.1 Å². The summed E-state index contributed by atoms with van der Waals surface area (Å²) in [6.45, 7) is 0.583. The molecule has 0 spiro atoms. The average Bonchev–Trinajstić information content (AvgIpc) is 2.99. The molecule has 2 rings (SSSR count). The number of rotatable bonds is 5. The Kier molecular flexibility index (Phi) is 4.02. The van der Waals surface area contributed by atoms with Gasteiger partial charge < -0.3 is 15.0 Å². The Morgan fingerprint density at radius 1 is 1.50 bits per heavy atom. The molecule has 1 aromatic rings. The molecule has 1 aromatic heterocycles. The highest BCUT2D eigenvalue weighted by atomic mass is 16.4. The number of aromatic amines is 1. The molecule has 1 amide bonds. The fourth-order valence-electron chi connectivity index (χ4n) is 2.42. The van der Waals surface area contributed by atoms with Crippen LogP contribution in [0.4, 0.5) is 0 Å². The topological polar surface area (TPSA) is 73.4 Å². The highest BCUT2D eigenvalue weighted by Crippen LogP contribution is 2.19. The standard InChI is InChI=1S/C13H18N2O3/c16-12(5-1-3-10-6-7-14-9-10)15-8-2-4-11(15)13(17)18/h6-7,9,11,14H,1-5,8H2,(H,17,18). The summed E-state index contributed by atoms with van der Waals surface area (Å²) >= 11 is 0. The van der Waals surface area contributed by atoms with Crippen LogP contribution in [0.25, 0.3) is 0 Å². The second kappa shape index (κ2) is 5.71. The van der Waals surface area contributed by atoms with E-state index in [1.54, 1.807) is 0 Å². The van der Waals surface area contributed by atoms with E-state index in [1.165, 1.54) is 10.5 Å². The van der Waals surface area contributed by atoms with E-state index in [4.69, 9.17) is 5.11 Å². The number of nitrogens with zero attached hydrogens (tertiary/aromatic N) is 1. The number of hydrogen-bond acceptors (Lipinski definition) is 2. The lowest BCUT2D eigenvalue weighted by Crippen LogP contribution is -2.40. The average molecular weight is 250 g/mol. The number of nitrogens with one attached hydrogen (secondary N) is 1. The summed E-state index contributed by atoms with van der Waals surface area (Å²) in [4.78, 5) is 27.4. The Morgan fingerprint density at radius 3 is 3.00 bits per heavy atom. The molecule has 1 fully saturated rings. The fraction of sp³-hybridized carbons (Fsp3) is 0.538. The molecule has 5 nitrogen and oxygen atoms in total. The van der Waals surface area contributed by atoms with Gasteiger partial charge in [0, 0.05) is 25.4 Å². The molecule has 0 aliphatic carbocycles. The van der Waals surface area contributed by atoms with Gasteiger partial charge in [0.1, 0.15) is 6.04 Å². The normalized spacial score (nSPS) is 19.1. The molecule has 5 heteroatoms. The van der Waals surface area contributed by atoms with Crippen molar-refractivity contribution in [3.63, 3.8) is 0 Å². The summed E-state index contributed by atoms with van der Waals surface area (Å²) in [5.74, 6) is -0.915. The van der Waals surface area contributed by atoms with Crippen LogP contribution in [0.15, 0.2) is 18.5 Å². The van der Waals surface area contributed by atoms with Crippen LogP contribution in [0.1, 0.15) is 31.2 Å². The van der Waals surface area contributed by atoms with Crippen molar-refractivity contribution < 1.29 is 14.7 Å². The number of aromatic nitrogens is 1. The minimum absolute atomic E-state index is 0.0320. The molecular formula is C13H18N2O3. The number of carbonyl (C=O) groups excluding carboxylic acids is 1. The van der Waals surface area contributed by atoms with Crippen LogP contribution in [-0.2, 0) is 16.0 Å². The lowest BCUT2D eigenvalue weighted by molar-refractivity contribution is -0.148. The minimum atomic E-state index is -0.883. The largest absolute Gasteiger partial charge is 0.480 e. The third-order valence-electron chi connectivity index (χ3n) is 3.38. The quantitative estimate of drug-likeness (QED) is 0.830. The van der Waals surface area contributed by atoms with E-state index in [0.29, 0.717) is 19.4 Å². The van der Waals surface area contributed by atoms with Gasteiger partial charge in [-0.2, -0.15) is 0 Å². The predicted molar refractivity (Wildman–Crippen MR) is 66.1 cm³/mol. The first-order valence-corrected chi connectivity index (χ1v) is 6.32. The molecule has 1 aliphatic rings. The Bertz CT molecular complexity index is 414. The first kappa shape index (κ1) is 12.7. The molecule has 18 heavy (non-hydrogen) atoms. The van der Waals surface area contributed by atoms with Crippen molar-refractivity contribution in [2.75, 3.05) is 6.54 Å². The Labute approximate surface area is 106 Å². The molecule has 0 radical (unpaired) electrons. The van der Waals surface area contributed by atoms with E-state index in [0.717, 1.165) is 19.3 Å². The van der Waals surface area contributed by atoms with Crippen LogP contribution in [0, 0.1) is 0 Å². The predicted octanol–water partition coefficient (Wildman–Crippen LogP) is 1.41. The van der Waals surface area contributed by atoms with Crippen molar-refractivity contribution in [3.8, 4) is 0 Å². The smallest absolute Gasteiger partial charge is 0.326 e. The zero-order valence-corrected chi connectivity index (χ0v) is 10.3. The van der Waals surface area contributed by atoms with E-state index < -0.39 is 12.0 Å². The fourth-order valence-corrected chi connectivity index (χ4v) is 2.42. The summed E-state index contributed by atoms with van der Waals surface area (Å²) in [6, 6.07) is 1.38. The van der Waals surface area contributed by atoms with E-state index in [2.05, 4.69) is 4.98 Å². The number of carboxylic acid groups (broad SMARTS) is 1. The molecule has 2 N–H and O–H groups in total. The Morgan fingerprint density at radius 2 is 2.33 bits per heavy atom. The van der Waals surface area contributed by atoms with Gasteiger partial charge in [-0.3, -0.25) is 4.79 Å². The second-order valence-electron chi connectivity index (χ2n) is 4.66. The molecule has 1 saturated heterocycles. The van der Waals surface area contributed by atoms with Gasteiger partial charge in [0.05, 0.1) is 0 Å². The van der Waals surface area contributed by atoms with Gasteiger partial charge in [-0.15, -0.1) is 0 Å². The summed E-state index contributed by atoms with van der Waals surface area (Å²) in [5, 5.41) is 9.01. The first-order chi connectivity index (χ1) is 8.68. The van der Waals surface area contributed by atoms with Crippen LogP contribution in [0.5, 0.6) is 0 Å². The van der Waals surface area contributed by atoms with Gasteiger partial charge in [0.15, 0.2) is 0 Å². The molecule has 1 unspecified atom stereocenters. The van der Waals surface area contributed by atoms with Gasteiger partial charge in [0.25, 0.3) is 0 Å². The lowest BCUT2D eigenvalue weighted by atomic mass is 10.1. The van der Waals surface area contributed by atoms with Crippen LogP contribution in [-0.4, -0.2) is 39.5 Å². The van der Waals surface area contributed by atoms with Crippen molar-refractivity contribution in [1.29, 1.82) is 0 Å². The van der Waals surface area contributed by atoms with Crippen molar-refractivity contribution in [3.05, 3.63) is 24.0 Å².